The fourth-order valence-corrected chi connectivity index (χ4v) is 3.53. The number of likely N-dealkylation sites (tertiary alicyclic amines) is 1. The van der Waals surface area contributed by atoms with Gasteiger partial charge < -0.3 is 15.0 Å². The predicted molar refractivity (Wildman–Crippen MR) is 92.9 cm³/mol. The third-order valence-corrected chi connectivity index (χ3v) is 4.90. The average Bonchev–Trinajstić information content (AvgIpc) is 3.20. The summed E-state index contributed by atoms with van der Waals surface area (Å²) in [7, 11) is 0. The maximum Gasteiger partial charge on any atom is 0.245 e. The van der Waals surface area contributed by atoms with Crippen LogP contribution in [0.2, 0.25) is 0 Å². The fraction of sp³-hybridized carbons (Fsp3) is 0.611. The molecular formula is C18H26N4O3. The van der Waals surface area contributed by atoms with Crippen LogP contribution in [0.4, 0.5) is 0 Å². The zero-order valence-corrected chi connectivity index (χ0v) is 14.7. The van der Waals surface area contributed by atoms with Crippen LogP contribution in [0.3, 0.4) is 0 Å². The van der Waals surface area contributed by atoms with Crippen LogP contribution in [0.25, 0.3) is 0 Å². The third kappa shape index (κ3) is 4.48. The Bertz CT molecular complexity index is 630. The normalized spacial score (nSPS) is 21.6. The van der Waals surface area contributed by atoms with E-state index in [0.717, 1.165) is 44.7 Å². The summed E-state index contributed by atoms with van der Waals surface area (Å²) in [6, 6.07) is 0.0803. The van der Waals surface area contributed by atoms with E-state index in [1.807, 2.05) is 19.3 Å². The summed E-state index contributed by atoms with van der Waals surface area (Å²) in [5.41, 5.74) is 1.14. The van der Waals surface area contributed by atoms with Gasteiger partial charge in [0.25, 0.3) is 0 Å². The van der Waals surface area contributed by atoms with E-state index in [4.69, 9.17) is 4.74 Å². The Balaban J connectivity index is 1.39. The zero-order valence-electron chi connectivity index (χ0n) is 14.7. The molecule has 1 N–H and O–H groups in total. The van der Waals surface area contributed by atoms with Gasteiger partial charge in [-0.25, -0.2) is 0 Å². The molecule has 2 unspecified atom stereocenters. The molecule has 2 saturated heterocycles. The van der Waals surface area contributed by atoms with Crippen molar-refractivity contribution >= 4 is 11.8 Å². The lowest BCUT2D eigenvalue weighted by Crippen LogP contribution is -2.51. The van der Waals surface area contributed by atoms with E-state index < -0.39 is 0 Å². The largest absolute Gasteiger partial charge is 0.381 e. The van der Waals surface area contributed by atoms with Crippen molar-refractivity contribution in [1.29, 1.82) is 0 Å². The van der Waals surface area contributed by atoms with Gasteiger partial charge in [0.05, 0.1) is 12.8 Å². The van der Waals surface area contributed by atoms with Crippen LogP contribution < -0.4 is 5.32 Å². The molecule has 0 spiro atoms. The second-order valence-electron chi connectivity index (χ2n) is 7.05. The molecule has 2 fully saturated rings. The van der Waals surface area contributed by atoms with Crippen LogP contribution >= 0.6 is 0 Å². The van der Waals surface area contributed by atoms with Gasteiger partial charge in [-0.1, -0.05) is 6.58 Å². The average molecular weight is 346 g/mol. The van der Waals surface area contributed by atoms with E-state index in [2.05, 4.69) is 17.0 Å². The predicted octanol–water partition coefficient (Wildman–Crippen LogP) is 0.926. The van der Waals surface area contributed by atoms with Crippen LogP contribution in [-0.2, 0) is 20.9 Å². The molecule has 0 saturated carbocycles. The molecule has 7 heteroatoms. The van der Waals surface area contributed by atoms with Gasteiger partial charge in [-0.05, 0) is 37.3 Å². The molecule has 2 amide bonds. The van der Waals surface area contributed by atoms with E-state index in [1.165, 1.54) is 6.08 Å². The SMILES string of the molecule is C=CC(=O)N1CC(CC(C)NC(=O)Cn2cc(C3CCOC3)cn2)C1. The highest BCUT2D eigenvalue weighted by molar-refractivity contribution is 5.87. The Kier molecular flexibility index (Phi) is 5.53. The second kappa shape index (κ2) is 7.82. The minimum absolute atomic E-state index is 0.0184. The van der Waals surface area contributed by atoms with Gasteiger partial charge in [-0.2, -0.15) is 5.10 Å². The first-order valence-electron chi connectivity index (χ1n) is 8.86. The Morgan fingerprint density at radius 1 is 1.52 bits per heavy atom. The molecule has 25 heavy (non-hydrogen) atoms. The van der Waals surface area contributed by atoms with Crippen molar-refractivity contribution in [2.24, 2.45) is 5.92 Å². The first-order valence-corrected chi connectivity index (χ1v) is 8.86. The van der Waals surface area contributed by atoms with Crippen LogP contribution in [0.1, 0.15) is 31.2 Å². The molecule has 0 aliphatic carbocycles. The summed E-state index contributed by atoms with van der Waals surface area (Å²) in [4.78, 5) is 25.4. The Morgan fingerprint density at radius 2 is 2.32 bits per heavy atom. The number of ether oxygens (including phenoxy) is 1. The summed E-state index contributed by atoms with van der Waals surface area (Å²) in [6.07, 6.45) is 7.00. The smallest absolute Gasteiger partial charge is 0.245 e. The standard InChI is InChI=1S/C18H26N4O3/c1-3-18(24)21-8-14(9-21)6-13(2)20-17(23)11-22-10-16(7-19-22)15-4-5-25-12-15/h3,7,10,13-15H,1,4-6,8-9,11-12H2,2H3,(H,20,23). The zero-order chi connectivity index (χ0) is 17.8. The Morgan fingerprint density at radius 3 is 3.00 bits per heavy atom. The molecule has 2 aliphatic heterocycles. The highest BCUT2D eigenvalue weighted by Crippen LogP contribution is 2.24. The van der Waals surface area contributed by atoms with Gasteiger partial charge in [0.15, 0.2) is 0 Å². The van der Waals surface area contributed by atoms with Crippen molar-refractivity contribution in [3.63, 3.8) is 0 Å². The quantitative estimate of drug-likeness (QED) is 0.745. The molecule has 1 aromatic rings. The highest BCUT2D eigenvalue weighted by Gasteiger charge is 2.30. The molecule has 2 atom stereocenters. The molecule has 136 valence electrons. The summed E-state index contributed by atoms with van der Waals surface area (Å²) in [6.45, 7) is 8.75. The second-order valence-corrected chi connectivity index (χ2v) is 7.05. The Hall–Kier alpha value is -2.15. The van der Waals surface area contributed by atoms with Crippen molar-refractivity contribution in [2.45, 2.75) is 38.3 Å². The van der Waals surface area contributed by atoms with Gasteiger partial charge in [-0.15, -0.1) is 0 Å². The lowest BCUT2D eigenvalue weighted by Gasteiger charge is -2.40. The van der Waals surface area contributed by atoms with E-state index in [9.17, 15) is 9.59 Å². The third-order valence-electron chi connectivity index (χ3n) is 4.90. The molecule has 7 nitrogen and oxygen atoms in total. The summed E-state index contributed by atoms with van der Waals surface area (Å²) < 4.78 is 7.07. The first kappa shape index (κ1) is 17.7. The number of rotatable bonds is 7. The Labute approximate surface area is 148 Å². The van der Waals surface area contributed by atoms with Crippen LogP contribution in [0, 0.1) is 5.92 Å². The van der Waals surface area contributed by atoms with Gasteiger partial charge in [-0.3, -0.25) is 14.3 Å². The van der Waals surface area contributed by atoms with Gasteiger partial charge >= 0.3 is 0 Å². The number of nitrogens with zero attached hydrogens (tertiary/aromatic N) is 3. The van der Waals surface area contributed by atoms with Gasteiger partial charge in [0.1, 0.15) is 6.54 Å². The molecular weight excluding hydrogens is 320 g/mol. The number of carbonyl (C=O) groups excluding carboxylic acids is 2. The van der Waals surface area contributed by atoms with Gasteiger partial charge in [0, 0.05) is 37.9 Å². The summed E-state index contributed by atoms with van der Waals surface area (Å²) in [5.74, 6) is 0.784. The van der Waals surface area contributed by atoms with Crippen LogP contribution in [-0.4, -0.2) is 58.8 Å². The number of hydrogen-bond acceptors (Lipinski definition) is 4. The highest BCUT2D eigenvalue weighted by atomic mass is 16.5. The molecule has 2 aliphatic rings. The number of nitrogens with one attached hydrogen (secondary N) is 1. The minimum Gasteiger partial charge on any atom is -0.381 e. The first-order chi connectivity index (χ1) is 12.0. The van der Waals surface area contributed by atoms with E-state index in [0.29, 0.717) is 11.8 Å². The van der Waals surface area contributed by atoms with Crippen molar-refractivity contribution in [2.75, 3.05) is 26.3 Å². The van der Waals surface area contributed by atoms with Crippen molar-refractivity contribution in [3.05, 3.63) is 30.6 Å². The van der Waals surface area contributed by atoms with Crippen molar-refractivity contribution < 1.29 is 14.3 Å². The molecule has 0 bridgehead atoms. The maximum atomic E-state index is 12.2. The van der Waals surface area contributed by atoms with E-state index in [-0.39, 0.29) is 24.4 Å². The minimum atomic E-state index is -0.0387. The molecule has 1 aromatic heterocycles. The molecule has 0 radical (unpaired) electrons. The fourth-order valence-electron chi connectivity index (χ4n) is 3.53. The molecule has 3 heterocycles. The lowest BCUT2D eigenvalue weighted by atomic mass is 9.92. The number of amides is 2. The van der Waals surface area contributed by atoms with Crippen LogP contribution in [0.15, 0.2) is 25.0 Å². The van der Waals surface area contributed by atoms with Crippen molar-refractivity contribution in [3.8, 4) is 0 Å². The number of hydrogen-bond donors (Lipinski definition) is 1. The molecule has 0 aromatic carbocycles. The summed E-state index contributed by atoms with van der Waals surface area (Å²) in [5, 5.41) is 7.30. The molecule has 3 rings (SSSR count). The topological polar surface area (TPSA) is 76.5 Å². The number of carbonyl (C=O) groups is 2. The van der Waals surface area contributed by atoms with E-state index in [1.54, 1.807) is 9.58 Å². The number of aromatic nitrogens is 2. The van der Waals surface area contributed by atoms with E-state index >= 15 is 0 Å². The monoisotopic (exact) mass is 346 g/mol. The van der Waals surface area contributed by atoms with Crippen LogP contribution in [0.5, 0.6) is 0 Å². The summed E-state index contributed by atoms with van der Waals surface area (Å²) >= 11 is 0. The lowest BCUT2D eigenvalue weighted by molar-refractivity contribution is -0.132. The van der Waals surface area contributed by atoms with Crippen molar-refractivity contribution in [1.82, 2.24) is 20.0 Å². The van der Waals surface area contributed by atoms with Gasteiger partial charge in [0.2, 0.25) is 11.8 Å². The maximum absolute atomic E-state index is 12.2.